The van der Waals surface area contributed by atoms with Crippen LogP contribution in [0.4, 0.5) is 0 Å². The normalized spacial score (nSPS) is 37.2. The zero-order valence-corrected chi connectivity index (χ0v) is 15.8. The molecule has 3 aliphatic rings. The van der Waals surface area contributed by atoms with Gasteiger partial charge in [0, 0.05) is 9.49 Å². The number of rotatable bonds is 0. The summed E-state index contributed by atoms with van der Waals surface area (Å²) in [7, 11) is 0. The van der Waals surface area contributed by atoms with Crippen LogP contribution in [0.15, 0.2) is 0 Å². The molecule has 116 valence electrons. The van der Waals surface area contributed by atoms with E-state index in [1.54, 1.807) is 0 Å². The van der Waals surface area contributed by atoms with Gasteiger partial charge in [-0.05, 0) is 40.9 Å². The molecule has 0 aromatic rings. The zero-order valence-electron chi connectivity index (χ0n) is 14.9. The Balaban J connectivity index is 2.16. The Morgan fingerprint density at radius 3 is 1.20 bits per heavy atom. The molecule has 3 rings (SSSR count). The molecule has 20 heavy (non-hydrogen) atoms. The van der Waals surface area contributed by atoms with Crippen LogP contribution in [0, 0.1) is 21.7 Å². The van der Waals surface area contributed by atoms with Crippen molar-refractivity contribution in [2.45, 2.75) is 97.0 Å². The highest BCUT2D eigenvalue weighted by Crippen LogP contribution is 2.93. The Hall–Kier alpha value is 0.350. The van der Waals surface area contributed by atoms with E-state index >= 15 is 0 Å². The van der Waals surface area contributed by atoms with Crippen molar-refractivity contribution in [2.24, 2.45) is 21.7 Å². The topological polar surface area (TPSA) is 0 Å². The fraction of sp³-hybridized carbons (Fsp3) is 1.00. The van der Waals surface area contributed by atoms with Crippen molar-refractivity contribution in [1.82, 2.24) is 0 Å². The van der Waals surface area contributed by atoms with Crippen LogP contribution in [-0.4, -0.2) is 9.49 Å². The van der Waals surface area contributed by atoms with Crippen LogP contribution >= 0.6 is 11.8 Å². The van der Waals surface area contributed by atoms with Crippen molar-refractivity contribution in [3.8, 4) is 0 Å². The molecule has 2 spiro atoms. The summed E-state index contributed by atoms with van der Waals surface area (Å²) in [6.45, 7) is 20.5. The van der Waals surface area contributed by atoms with Crippen molar-refractivity contribution >= 4 is 11.8 Å². The summed E-state index contributed by atoms with van der Waals surface area (Å²) in [5.41, 5.74) is 1.93. The largest absolute Gasteiger partial charge is 0.143 e. The van der Waals surface area contributed by atoms with E-state index in [1.807, 2.05) is 0 Å². The number of thioether (sulfide) groups is 1. The molecular weight excluding hydrogens is 260 g/mol. The lowest BCUT2D eigenvalue weighted by Gasteiger charge is -2.64. The summed E-state index contributed by atoms with van der Waals surface area (Å²) in [5.74, 6) is 0. The molecule has 0 aromatic carbocycles. The van der Waals surface area contributed by atoms with Crippen molar-refractivity contribution in [1.29, 1.82) is 0 Å². The second-order valence-corrected chi connectivity index (χ2v) is 11.8. The summed E-state index contributed by atoms with van der Waals surface area (Å²) in [6.07, 6.45) is 7.07. The highest BCUT2D eigenvalue weighted by atomic mass is 32.2. The van der Waals surface area contributed by atoms with Gasteiger partial charge in [0.25, 0.3) is 0 Å². The fourth-order valence-electron chi connectivity index (χ4n) is 7.23. The summed E-state index contributed by atoms with van der Waals surface area (Å²) in [6, 6.07) is 0. The summed E-state index contributed by atoms with van der Waals surface area (Å²) >= 11 is 2.39. The predicted octanol–water partition coefficient (Wildman–Crippen LogP) is 6.29. The third-order valence-electron chi connectivity index (χ3n) is 7.31. The van der Waals surface area contributed by atoms with E-state index in [0.29, 0.717) is 31.2 Å². The van der Waals surface area contributed by atoms with E-state index in [1.165, 1.54) is 32.1 Å². The van der Waals surface area contributed by atoms with Crippen molar-refractivity contribution in [3.63, 3.8) is 0 Å². The minimum atomic E-state index is 0.465. The molecule has 0 radical (unpaired) electrons. The lowest BCUT2D eigenvalue weighted by Crippen LogP contribution is -2.67. The van der Waals surface area contributed by atoms with Gasteiger partial charge in [-0.3, -0.25) is 0 Å². The Morgan fingerprint density at radius 2 is 0.900 bits per heavy atom. The maximum atomic E-state index is 2.58. The highest BCUT2D eigenvalue weighted by molar-refractivity contribution is 8.10. The molecule has 0 unspecified atom stereocenters. The lowest BCUT2D eigenvalue weighted by atomic mass is 9.39. The van der Waals surface area contributed by atoms with Crippen molar-refractivity contribution in [2.75, 3.05) is 0 Å². The standard InChI is InChI=1S/C19H34S/c1-14(2)11-9-10-12-15(3,4)18(14)19(20-18)16(5,6)13-17(19,7)8/h9-13H2,1-8H3. The lowest BCUT2D eigenvalue weighted by molar-refractivity contribution is -0.0871. The van der Waals surface area contributed by atoms with Crippen LogP contribution in [0.25, 0.3) is 0 Å². The van der Waals surface area contributed by atoms with Gasteiger partial charge in [-0.25, -0.2) is 0 Å². The Kier molecular flexibility index (Phi) is 2.77. The maximum absolute atomic E-state index is 2.58. The minimum Gasteiger partial charge on any atom is -0.143 e. The quantitative estimate of drug-likeness (QED) is 0.473. The van der Waals surface area contributed by atoms with Crippen molar-refractivity contribution in [3.05, 3.63) is 0 Å². The molecule has 1 heteroatoms. The molecule has 1 saturated heterocycles. The first-order valence-electron chi connectivity index (χ1n) is 8.57. The minimum absolute atomic E-state index is 0.465. The van der Waals surface area contributed by atoms with E-state index in [9.17, 15) is 0 Å². The van der Waals surface area contributed by atoms with Crippen LogP contribution in [0.5, 0.6) is 0 Å². The second-order valence-electron chi connectivity index (χ2n) is 10.4. The maximum Gasteiger partial charge on any atom is 0.0425 e. The van der Waals surface area contributed by atoms with E-state index in [2.05, 4.69) is 67.2 Å². The smallest absolute Gasteiger partial charge is 0.0425 e. The zero-order chi connectivity index (χ0) is 15.2. The van der Waals surface area contributed by atoms with Gasteiger partial charge >= 0.3 is 0 Å². The van der Waals surface area contributed by atoms with E-state index < -0.39 is 0 Å². The molecule has 1 heterocycles. The van der Waals surface area contributed by atoms with Gasteiger partial charge in [-0.1, -0.05) is 68.2 Å². The molecule has 2 aliphatic carbocycles. The molecule has 0 amide bonds. The van der Waals surface area contributed by atoms with Gasteiger partial charge in [0.1, 0.15) is 0 Å². The molecule has 2 saturated carbocycles. The van der Waals surface area contributed by atoms with Crippen LogP contribution in [0.1, 0.15) is 87.5 Å². The van der Waals surface area contributed by atoms with E-state index in [4.69, 9.17) is 0 Å². The van der Waals surface area contributed by atoms with Crippen LogP contribution in [0.2, 0.25) is 0 Å². The first-order chi connectivity index (χ1) is 8.87. The van der Waals surface area contributed by atoms with Crippen molar-refractivity contribution < 1.29 is 0 Å². The van der Waals surface area contributed by atoms with Crippen LogP contribution in [-0.2, 0) is 0 Å². The molecule has 1 aliphatic heterocycles. The summed E-state index contributed by atoms with van der Waals surface area (Å²) in [4.78, 5) is 0. The highest BCUT2D eigenvalue weighted by Gasteiger charge is 2.90. The van der Waals surface area contributed by atoms with Gasteiger partial charge in [0.15, 0.2) is 0 Å². The van der Waals surface area contributed by atoms with Crippen LogP contribution < -0.4 is 0 Å². The molecular formula is C19H34S. The van der Waals surface area contributed by atoms with Gasteiger partial charge in [0.2, 0.25) is 0 Å². The monoisotopic (exact) mass is 294 g/mol. The average molecular weight is 295 g/mol. The summed E-state index contributed by atoms with van der Waals surface area (Å²) in [5, 5.41) is 0. The molecule has 0 aromatic heterocycles. The molecule has 0 N–H and O–H groups in total. The number of hydrogen-bond acceptors (Lipinski definition) is 1. The van der Waals surface area contributed by atoms with Gasteiger partial charge in [0.05, 0.1) is 0 Å². The molecule has 0 nitrogen and oxygen atoms in total. The first-order valence-corrected chi connectivity index (χ1v) is 9.39. The summed E-state index contributed by atoms with van der Waals surface area (Å²) < 4.78 is 0.985. The van der Waals surface area contributed by atoms with Crippen LogP contribution in [0.3, 0.4) is 0 Å². The number of fused-ring (bicyclic) bond motifs is 1. The predicted molar refractivity (Wildman–Crippen MR) is 91.3 cm³/mol. The van der Waals surface area contributed by atoms with Gasteiger partial charge in [-0.15, -0.1) is 11.8 Å². The Labute approximate surface area is 130 Å². The SMILES string of the molecule is CC1(C)CCCCC(C)(C)C12SC21C(C)(C)CC1(C)C. The fourth-order valence-corrected chi connectivity index (χ4v) is 10.2. The third-order valence-corrected chi connectivity index (χ3v) is 10.5. The van der Waals surface area contributed by atoms with Gasteiger partial charge < -0.3 is 0 Å². The average Bonchev–Trinajstić information content (AvgIpc) is 2.98. The van der Waals surface area contributed by atoms with E-state index in [-0.39, 0.29) is 0 Å². The first kappa shape index (κ1) is 15.3. The molecule has 0 atom stereocenters. The molecule has 0 bridgehead atoms. The molecule has 3 fully saturated rings. The third kappa shape index (κ3) is 1.33. The number of hydrogen-bond donors (Lipinski definition) is 0. The van der Waals surface area contributed by atoms with E-state index in [0.717, 1.165) is 0 Å². The van der Waals surface area contributed by atoms with Gasteiger partial charge in [-0.2, -0.15) is 0 Å². The second kappa shape index (κ2) is 3.63. The Morgan fingerprint density at radius 1 is 0.550 bits per heavy atom. The Bertz CT molecular complexity index is 407.